The molecule has 2 heterocycles. The van der Waals surface area contributed by atoms with E-state index >= 15 is 0 Å². The molecule has 3 rings (SSSR count). The topological polar surface area (TPSA) is 72.6 Å². The molecular weight excluding hydrogens is 308 g/mol. The van der Waals surface area contributed by atoms with Crippen LogP contribution in [0.15, 0.2) is 41.1 Å². The standard InChI is InChI=1S/C18H20N2O4/c1-2-23-18(22)14-9-6-10-20(11-14)17(21)15-16(24-12-19-15)13-7-4-3-5-8-13/h3-5,7-8,12,14H,2,6,9-11H2,1H3. The molecule has 126 valence electrons. The third-order valence-electron chi connectivity index (χ3n) is 4.13. The van der Waals surface area contributed by atoms with Gasteiger partial charge in [-0.25, -0.2) is 4.98 Å². The maximum Gasteiger partial charge on any atom is 0.310 e. The number of piperidine rings is 1. The minimum atomic E-state index is -0.269. The Hall–Kier alpha value is -2.63. The number of nitrogens with zero attached hydrogens (tertiary/aromatic N) is 2. The largest absolute Gasteiger partial charge is 0.466 e. The number of amides is 1. The minimum Gasteiger partial charge on any atom is -0.466 e. The highest BCUT2D eigenvalue weighted by Gasteiger charge is 2.32. The zero-order valence-corrected chi connectivity index (χ0v) is 13.6. The van der Waals surface area contributed by atoms with Crippen LogP contribution in [0.1, 0.15) is 30.3 Å². The Bertz CT molecular complexity index is 711. The fraction of sp³-hybridized carbons (Fsp3) is 0.389. The summed E-state index contributed by atoms with van der Waals surface area (Å²) in [6.07, 6.45) is 2.79. The number of likely N-dealkylation sites (tertiary alicyclic amines) is 1. The predicted molar refractivity (Wildman–Crippen MR) is 87.2 cm³/mol. The lowest BCUT2D eigenvalue weighted by molar-refractivity contribution is -0.149. The van der Waals surface area contributed by atoms with E-state index in [1.807, 2.05) is 30.3 Å². The molecule has 0 spiro atoms. The van der Waals surface area contributed by atoms with Crippen LogP contribution >= 0.6 is 0 Å². The predicted octanol–water partition coefficient (Wildman–Crippen LogP) is 2.76. The van der Waals surface area contributed by atoms with Crippen molar-refractivity contribution in [2.75, 3.05) is 19.7 Å². The van der Waals surface area contributed by atoms with Crippen molar-refractivity contribution >= 4 is 11.9 Å². The van der Waals surface area contributed by atoms with Crippen molar-refractivity contribution < 1.29 is 18.7 Å². The number of aromatic nitrogens is 1. The molecule has 1 aromatic carbocycles. The average molecular weight is 328 g/mol. The molecule has 1 unspecified atom stereocenters. The molecule has 1 amide bonds. The molecule has 0 radical (unpaired) electrons. The first-order chi connectivity index (χ1) is 11.7. The normalized spacial score (nSPS) is 17.5. The third-order valence-corrected chi connectivity index (χ3v) is 4.13. The molecule has 0 N–H and O–H groups in total. The highest BCUT2D eigenvalue weighted by Crippen LogP contribution is 2.26. The number of hydrogen-bond acceptors (Lipinski definition) is 5. The second-order valence-corrected chi connectivity index (χ2v) is 5.74. The third kappa shape index (κ3) is 3.32. The van der Waals surface area contributed by atoms with Crippen LogP contribution < -0.4 is 0 Å². The van der Waals surface area contributed by atoms with E-state index in [1.54, 1.807) is 11.8 Å². The summed E-state index contributed by atoms with van der Waals surface area (Å²) in [5.74, 6) is -0.261. The number of oxazole rings is 1. The van der Waals surface area contributed by atoms with Gasteiger partial charge >= 0.3 is 5.97 Å². The average Bonchev–Trinajstić information content (AvgIpc) is 3.12. The summed E-state index contributed by atoms with van der Waals surface area (Å²) in [6.45, 7) is 3.10. The highest BCUT2D eigenvalue weighted by atomic mass is 16.5. The van der Waals surface area contributed by atoms with Crippen LogP contribution in [0.25, 0.3) is 11.3 Å². The number of carbonyl (C=O) groups is 2. The lowest BCUT2D eigenvalue weighted by atomic mass is 9.97. The van der Waals surface area contributed by atoms with Gasteiger partial charge in [0, 0.05) is 18.7 Å². The summed E-state index contributed by atoms with van der Waals surface area (Å²) in [4.78, 5) is 30.5. The summed E-state index contributed by atoms with van der Waals surface area (Å²) in [5.41, 5.74) is 1.09. The van der Waals surface area contributed by atoms with Crippen LogP contribution in [0.3, 0.4) is 0 Å². The van der Waals surface area contributed by atoms with Crippen LogP contribution in [-0.2, 0) is 9.53 Å². The molecular formula is C18H20N2O4. The first-order valence-electron chi connectivity index (χ1n) is 8.15. The highest BCUT2D eigenvalue weighted by molar-refractivity contribution is 5.97. The molecule has 0 saturated carbocycles. The van der Waals surface area contributed by atoms with Gasteiger partial charge in [-0.1, -0.05) is 30.3 Å². The van der Waals surface area contributed by atoms with E-state index in [4.69, 9.17) is 9.15 Å². The monoisotopic (exact) mass is 328 g/mol. The van der Waals surface area contributed by atoms with Gasteiger partial charge in [0.05, 0.1) is 12.5 Å². The van der Waals surface area contributed by atoms with Crippen molar-refractivity contribution in [3.05, 3.63) is 42.4 Å². The van der Waals surface area contributed by atoms with Gasteiger partial charge < -0.3 is 14.1 Å². The second kappa shape index (κ2) is 7.29. The molecule has 1 fully saturated rings. The second-order valence-electron chi connectivity index (χ2n) is 5.74. The number of benzene rings is 1. The Morgan fingerprint density at radius 3 is 2.88 bits per heavy atom. The fourth-order valence-electron chi connectivity index (χ4n) is 2.96. The molecule has 0 aliphatic carbocycles. The van der Waals surface area contributed by atoms with Gasteiger partial charge in [-0.3, -0.25) is 9.59 Å². The number of carbonyl (C=O) groups excluding carboxylic acids is 2. The van der Waals surface area contributed by atoms with E-state index in [0.29, 0.717) is 25.5 Å². The summed E-state index contributed by atoms with van der Waals surface area (Å²) >= 11 is 0. The Labute approximate surface area is 140 Å². The molecule has 6 heteroatoms. The summed E-state index contributed by atoms with van der Waals surface area (Å²) in [6, 6.07) is 9.40. The smallest absolute Gasteiger partial charge is 0.310 e. The maximum absolute atomic E-state index is 12.8. The van der Waals surface area contributed by atoms with Gasteiger partial charge in [0.15, 0.2) is 17.8 Å². The van der Waals surface area contributed by atoms with E-state index in [9.17, 15) is 9.59 Å². The summed E-state index contributed by atoms with van der Waals surface area (Å²) in [7, 11) is 0. The van der Waals surface area contributed by atoms with E-state index in [2.05, 4.69) is 4.98 Å². The van der Waals surface area contributed by atoms with Gasteiger partial charge in [-0.05, 0) is 19.8 Å². The van der Waals surface area contributed by atoms with Crippen molar-refractivity contribution in [2.24, 2.45) is 5.92 Å². The minimum absolute atomic E-state index is 0.211. The van der Waals surface area contributed by atoms with E-state index in [0.717, 1.165) is 18.4 Å². The first kappa shape index (κ1) is 16.2. The van der Waals surface area contributed by atoms with E-state index in [1.165, 1.54) is 6.39 Å². The number of ether oxygens (including phenoxy) is 1. The van der Waals surface area contributed by atoms with Crippen molar-refractivity contribution in [3.63, 3.8) is 0 Å². The van der Waals surface area contributed by atoms with Crippen LogP contribution in [0, 0.1) is 5.92 Å². The lowest BCUT2D eigenvalue weighted by Crippen LogP contribution is -2.43. The van der Waals surface area contributed by atoms with Gasteiger partial charge in [0.25, 0.3) is 5.91 Å². The number of esters is 1. The zero-order chi connectivity index (χ0) is 16.9. The lowest BCUT2D eigenvalue weighted by Gasteiger charge is -2.31. The molecule has 0 bridgehead atoms. The molecule has 1 aliphatic heterocycles. The summed E-state index contributed by atoms with van der Waals surface area (Å²) < 4.78 is 10.5. The number of hydrogen-bond donors (Lipinski definition) is 0. The fourth-order valence-corrected chi connectivity index (χ4v) is 2.96. The van der Waals surface area contributed by atoms with Crippen molar-refractivity contribution in [1.82, 2.24) is 9.88 Å². The van der Waals surface area contributed by atoms with Crippen LogP contribution in [-0.4, -0.2) is 41.5 Å². The van der Waals surface area contributed by atoms with E-state index < -0.39 is 0 Å². The van der Waals surface area contributed by atoms with Gasteiger partial charge in [0.1, 0.15) is 0 Å². The molecule has 24 heavy (non-hydrogen) atoms. The maximum atomic E-state index is 12.8. The van der Waals surface area contributed by atoms with Gasteiger partial charge in [-0.15, -0.1) is 0 Å². The molecule has 1 atom stereocenters. The van der Waals surface area contributed by atoms with Crippen molar-refractivity contribution in [2.45, 2.75) is 19.8 Å². The Morgan fingerprint density at radius 2 is 2.12 bits per heavy atom. The molecule has 1 aliphatic rings. The number of rotatable bonds is 4. The molecule has 2 aromatic rings. The quantitative estimate of drug-likeness (QED) is 0.807. The zero-order valence-electron chi connectivity index (χ0n) is 13.6. The van der Waals surface area contributed by atoms with Crippen LogP contribution in [0.4, 0.5) is 0 Å². The van der Waals surface area contributed by atoms with E-state index in [-0.39, 0.29) is 23.5 Å². The van der Waals surface area contributed by atoms with Crippen molar-refractivity contribution in [1.29, 1.82) is 0 Å². The Morgan fingerprint density at radius 1 is 1.33 bits per heavy atom. The summed E-state index contributed by atoms with van der Waals surface area (Å²) in [5, 5.41) is 0. The van der Waals surface area contributed by atoms with Gasteiger partial charge in [0.2, 0.25) is 0 Å². The van der Waals surface area contributed by atoms with Crippen LogP contribution in [0.5, 0.6) is 0 Å². The molecule has 1 aromatic heterocycles. The van der Waals surface area contributed by atoms with Crippen molar-refractivity contribution in [3.8, 4) is 11.3 Å². The Balaban J connectivity index is 1.78. The SMILES string of the molecule is CCOC(=O)C1CCCN(C(=O)c2ncoc2-c2ccccc2)C1. The first-order valence-corrected chi connectivity index (χ1v) is 8.15. The van der Waals surface area contributed by atoms with Crippen LogP contribution in [0.2, 0.25) is 0 Å². The molecule has 6 nitrogen and oxygen atoms in total. The van der Waals surface area contributed by atoms with Gasteiger partial charge in [-0.2, -0.15) is 0 Å². The Kier molecular flexibility index (Phi) is 4.93. The molecule has 1 saturated heterocycles.